The lowest BCUT2D eigenvalue weighted by molar-refractivity contribution is 0.230. The van der Waals surface area contributed by atoms with E-state index in [1.165, 1.54) is 12.0 Å². The summed E-state index contributed by atoms with van der Waals surface area (Å²) in [6.07, 6.45) is 2.34. The van der Waals surface area contributed by atoms with Crippen LogP contribution in [0.15, 0.2) is 24.3 Å². The van der Waals surface area contributed by atoms with Crippen molar-refractivity contribution in [3.05, 3.63) is 29.8 Å². The van der Waals surface area contributed by atoms with Crippen molar-refractivity contribution >= 4 is 0 Å². The van der Waals surface area contributed by atoms with Gasteiger partial charge in [-0.15, -0.1) is 0 Å². The molecular formula is C15H24N2O. The molecule has 0 fully saturated rings. The average molecular weight is 248 g/mol. The van der Waals surface area contributed by atoms with Gasteiger partial charge < -0.3 is 15.0 Å². The van der Waals surface area contributed by atoms with E-state index in [-0.39, 0.29) is 0 Å². The van der Waals surface area contributed by atoms with Gasteiger partial charge in [-0.3, -0.25) is 0 Å². The van der Waals surface area contributed by atoms with Crippen LogP contribution >= 0.6 is 0 Å². The quantitative estimate of drug-likeness (QED) is 0.780. The van der Waals surface area contributed by atoms with Gasteiger partial charge in [-0.25, -0.2) is 0 Å². The molecule has 0 saturated carbocycles. The highest BCUT2D eigenvalue weighted by Crippen LogP contribution is 2.33. The Morgan fingerprint density at radius 1 is 1.39 bits per heavy atom. The second-order valence-corrected chi connectivity index (χ2v) is 5.09. The van der Waals surface area contributed by atoms with E-state index >= 15 is 0 Å². The Labute approximate surface area is 110 Å². The van der Waals surface area contributed by atoms with Crippen LogP contribution in [0.25, 0.3) is 0 Å². The number of ether oxygens (including phenoxy) is 1. The molecule has 1 unspecified atom stereocenters. The van der Waals surface area contributed by atoms with Crippen LogP contribution in [-0.2, 0) is 0 Å². The highest BCUT2D eigenvalue weighted by molar-refractivity contribution is 5.37. The maximum absolute atomic E-state index is 5.71. The van der Waals surface area contributed by atoms with Crippen molar-refractivity contribution in [3.63, 3.8) is 0 Å². The van der Waals surface area contributed by atoms with Gasteiger partial charge in [0.05, 0.1) is 6.61 Å². The second kappa shape index (κ2) is 6.76. The Morgan fingerprint density at radius 3 is 3.06 bits per heavy atom. The van der Waals surface area contributed by atoms with Crippen LogP contribution in [0.2, 0.25) is 0 Å². The third-order valence-corrected chi connectivity index (χ3v) is 3.58. The Balaban J connectivity index is 1.90. The molecule has 0 aliphatic carbocycles. The standard InChI is InChI=1S/C15H24N2O/c1-16-9-5-10-17(2)12-13-8-11-18-15-7-4-3-6-14(13)15/h3-4,6-7,13,16H,5,8-12H2,1-2H3. The Bertz CT molecular complexity index is 367. The molecule has 3 heteroatoms. The van der Waals surface area contributed by atoms with Gasteiger partial charge in [0.1, 0.15) is 5.75 Å². The lowest BCUT2D eigenvalue weighted by atomic mass is 9.92. The summed E-state index contributed by atoms with van der Waals surface area (Å²) in [5.41, 5.74) is 1.38. The van der Waals surface area contributed by atoms with Crippen LogP contribution < -0.4 is 10.1 Å². The molecule has 0 amide bonds. The summed E-state index contributed by atoms with van der Waals surface area (Å²) in [6, 6.07) is 8.46. The number of benzene rings is 1. The molecule has 0 radical (unpaired) electrons. The zero-order chi connectivity index (χ0) is 12.8. The topological polar surface area (TPSA) is 24.5 Å². The number of likely N-dealkylation sites (N-methyl/N-ethyl adjacent to an activating group) is 1. The number of fused-ring (bicyclic) bond motifs is 1. The molecule has 1 atom stereocenters. The third kappa shape index (κ3) is 3.47. The molecule has 1 aromatic carbocycles. The second-order valence-electron chi connectivity index (χ2n) is 5.09. The maximum Gasteiger partial charge on any atom is 0.122 e. The fraction of sp³-hybridized carbons (Fsp3) is 0.600. The predicted molar refractivity (Wildman–Crippen MR) is 75.3 cm³/mol. The van der Waals surface area contributed by atoms with Crippen LogP contribution in [0.5, 0.6) is 5.75 Å². The van der Waals surface area contributed by atoms with Gasteiger partial charge in [-0.05, 0) is 51.7 Å². The van der Waals surface area contributed by atoms with Crippen molar-refractivity contribution in [2.75, 3.05) is 40.3 Å². The monoisotopic (exact) mass is 248 g/mol. The largest absolute Gasteiger partial charge is 0.493 e. The van der Waals surface area contributed by atoms with Crippen molar-refractivity contribution in [3.8, 4) is 5.75 Å². The number of hydrogen-bond donors (Lipinski definition) is 1. The van der Waals surface area contributed by atoms with E-state index in [2.05, 4.69) is 41.5 Å². The molecule has 0 bridgehead atoms. The smallest absolute Gasteiger partial charge is 0.122 e. The third-order valence-electron chi connectivity index (χ3n) is 3.58. The van der Waals surface area contributed by atoms with Gasteiger partial charge in [-0.1, -0.05) is 18.2 Å². The minimum absolute atomic E-state index is 0.620. The Hall–Kier alpha value is -1.06. The zero-order valence-corrected chi connectivity index (χ0v) is 11.5. The molecule has 1 aromatic rings. The molecule has 1 aliphatic rings. The van der Waals surface area contributed by atoms with Crippen molar-refractivity contribution in [2.45, 2.75) is 18.8 Å². The number of rotatable bonds is 6. The summed E-state index contributed by atoms with van der Waals surface area (Å²) in [6.45, 7) is 4.23. The first kappa shape index (κ1) is 13.4. The van der Waals surface area contributed by atoms with E-state index in [0.29, 0.717) is 5.92 Å². The van der Waals surface area contributed by atoms with Gasteiger partial charge in [0, 0.05) is 12.5 Å². The van der Waals surface area contributed by atoms with Crippen LogP contribution in [0.4, 0.5) is 0 Å². The first-order chi connectivity index (χ1) is 8.81. The van der Waals surface area contributed by atoms with Gasteiger partial charge in [-0.2, -0.15) is 0 Å². The van der Waals surface area contributed by atoms with E-state index in [1.807, 2.05) is 7.05 Å². The first-order valence-electron chi connectivity index (χ1n) is 6.86. The molecular weight excluding hydrogens is 224 g/mol. The fourth-order valence-corrected chi connectivity index (χ4v) is 2.60. The fourth-order valence-electron chi connectivity index (χ4n) is 2.60. The van der Waals surface area contributed by atoms with E-state index in [4.69, 9.17) is 4.74 Å². The molecule has 0 spiro atoms. The first-order valence-corrected chi connectivity index (χ1v) is 6.86. The summed E-state index contributed by atoms with van der Waals surface area (Å²) in [5, 5.41) is 3.20. The summed E-state index contributed by atoms with van der Waals surface area (Å²) < 4.78 is 5.71. The van der Waals surface area contributed by atoms with Crippen LogP contribution in [0.3, 0.4) is 0 Å². The summed E-state index contributed by atoms with van der Waals surface area (Å²) in [7, 11) is 4.22. The highest BCUT2D eigenvalue weighted by Gasteiger charge is 2.21. The summed E-state index contributed by atoms with van der Waals surface area (Å²) in [5.74, 6) is 1.70. The zero-order valence-electron chi connectivity index (χ0n) is 11.5. The van der Waals surface area contributed by atoms with Crippen molar-refractivity contribution < 1.29 is 4.74 Å². The van der Waals surface area contributed by atoms with Crippen LogP contribution in [-0.4, -0.2) is 45.2 Å². The summed E-state index contributed by atoms with van der Waals surface area (Å²) >= 11 is 0. The summed E-state index contributed by atoms with van der Waals surface area (Å²) in [4.78, 5) is 2.43. The minimum atomic E-state index is 0.620. The normalized spacial score (nSPS) is 18.5. The molecule has 1 N–H and O–H groups in total. The molecule has 0 saturated heterocycles. The number of para-hydroxylation sites is 1. The van der Waals surface area contributed by atoms with Gasteiger partial charge in [0.25, 0.3) is 0 Å². The lowest BCUT2D eigenvalue weighted by Gasteiger charge is -2.29. The molecule has 100 valence electrons. The Morgan fingerprint density at radius 2 is 2.22 bits per heavy atom. The van der Waals surface area contributed by atoms with Crippen molar-refractivity contribution in [1.82, 2.24) is 10.2 Å². The molecule has 3 nitrogen and oxygen atoms in total. The SMILES string of the molecule is CNCCCN(C)CC1CCOc2ccccc21. The minimum Gasteiger partial charge on any atom is -0.493 e. The van der Waals surface area contributed by atoms with E-state index in [9.17, 15) is 0 Å². The average Bonchev–Trinajstić information content (AvgIpc) is 2.39. The molecule has 1 aliphatic heterocycles. The van der Waals surface area contributed by atoms with Crippen molar-refractivity contribution in [1.29, 1.82) is 0 Å². The van der Waals surface area contributed by atoms with Gasteiger partial charge in [0.15, 0.2) is 0 Å². The van der Waals surface area contributed by atoms with E-state index in [1.54, 1.807) is 0 Å². The molecule has 18 heavy (non-hydrogen) atoms. The maximum atomic E-state index is 5.71. The lowest BCUT2D eigenvalue weighted by Crippen LogP contribution is -2.29. The molecule has 1 heterocycles. The van der Waals surface area contributed by atoms with Crippen LogP contribution in [0.1, 0.15) is 24.3 Å². The van der Waals surface area contributed by atoms with Crippen LogP contribution in [0, 0.1) is 0 Å². The van der Waals surface area contributed by atoms with E-state index in [0.717, 1.165) is 38.4 Å². The number of nitrogens with zero attached hydrogens (tertiary/aromatic N) is 1. The molecule has 2 rings (SSSR count). The highest BCUT2D eigenvalue weighted by atomic mass is 16.5. The van der Waals surface area contributed by atoms with E-state index < -0.39 is 0 Å². The van der Waals surface area contributed by atoms with Crippen molar-refractivity contribution in [2.24, 2.45) is 0 Å². The molecule has 0 aromatic heterocycles. The number of hydrogen-bond acceptors (Lipinski definition) is 3. The van der Waals surface area contributed by atoms with Gasteiger partial charge in [0.2, 0.25) is 0 Å². The number of nitrogens with one attached hydrogen (secondary N) is 1. The van der Waals surface area contributed by atoms with Gasteiger partial charge >= 0.3 is 0 Å². The predicted octanol–water partition coefficient (Wildman–Crippen LogP) is 2.09. The Kier molecular flexibility index (Phi) is 5.02.